The lowest BCUT2D eigenvalue weighted by molar-refractivity contribution is -0.127. The fourth-order valence-corrected chi connectivity index (χ4v) is 2.40. The van der Waals surface area contributed by atoms with Gasteiger partial charge >= 0.3 is 0 Å². The second kappa shape index (κ2) is 7.66. The number of methoxy groups -OCH3 is 1. The van der Waals surface area contributed by atoms with Crippen LogP contribution in [0.5, 0.6) is 0 Å². The number of hydrogen-bond donors (Lipinski definition) is 0. The normalized spacial score (nSPS) is 11.4. The maximum Gasteiger partial charge on any atom is 0.247 e. The van der Waals surface area contributed by atoms with Crippen molar-refractivity contribution in [2.75, 3.05) is 20.3 Å². The van der Waals surface area contributed by atoms with Crippen LogP contribution in [-0.2, 0) is 16.1 Å². The lowest BCUT2D eigenvalue weighted by atomic mass is 10.2. The van der Waals surface area contributed by atoms with Crippen molar-refractivity contribution in [1.29, 1.82) is 0 Å². The van der Waals surface area contributed by atoms with Crippen LogP contribution in [0.4, 0.5) is 0 Å². The molecule has 0 unspecified atom stereocenters. The predicted octanol–water partition coefficient (Wildman–Crippen LogP) is 3.71. The number of fused-ring (bicyclic) bond motifs is 1. The molecule has 1 amide bonds. The van der Waals surface area contributed by atoms with Crippen LogP contribution >= 0.6 is 0 Å². The lowest BCUT2D eigenvalue weighted by Crippen LogP contribution is -2.31. The Morgan fingerprint density at radius 3 is 2.88 bits per heavy atom. The molecule has 0 saturated carbocycles. The summed E-state index contributed by atoms with van der Waals surface area (Å²) in [7, 11) is 1.61. The molecular weight excluding hydrogens is 306 g/mol. The van der Waals surface area contributed by atoms with E-state index >= 15 is 0 Å². The number of benzene rings is 1. The molecule has 0 aliphatic rings. The molecular formula is C19H19NO4. The quantitative estimate of drug-likeness (QED) is 0.621. The average molecular weight is 325 g/mol. The summed E-state index contributed by atoms with van der Waals surface area (Å²) in [6, 6.07) is 13.3. The van der Waals surface area contributed by atoms with Crippen LogP contribution in [0.25, 0.3) is 17.0 Å². The monoisotopic (exact) mass is 325 g/mol. The highest BCUT2D eigenvalue weighted by Crippen LogP contribution is 2.19. The molecule has 1 aromatic carbocycles. The summed E-state index contributed by atoms with van der Waals surface area (Å²) < 4.78 is 16.1. The maximum atomic E-state index is 12.5. The summed E-state index contributed by atoms with van der Waals surface area (Å²) in [5.41, 5.74) is 0.802. The largest absolute Gasteiger partial charge is 0.467 e. The van der Waals surface area contributed by atoms with Crippen LogP contribution in [0.15, 0.2) is 63.6 Å². The molecule has 5 nitrogen and oxygen atoms in total. The summed E-state index contributed by atoms with van der Waals surface area (Å²) in [6.07, 6.45) is 4.79. The van der Waals surface area contributed by atoms with Gasteiger partial charge < -0.3 is 18.5 Å². The van der Waals surface area contributed by atoms with Crippen LogP contribution in [0.2, 0.25) is 0 Å². The van der Waals surface area contributed by atoms with Gasteiger partial charge in [0.25, 0.3) is 0 Å². The number of para-hydroxylation sites is 1. The first-order valence-corrected chi connectivity index (χ1v) is 7.73. The summed E-state index contributed by atoms with van der Waals surface area (Å²) in [6.45, 7) is 1.35. The minimum atomic E-state index is -0.121. The highest BCUT2D eigenvalue weighted by atomic mass is 16.5. The molecule has 0 spiro atoms. The van der Waals surface area contributed by atoms with Gasteiger partial charge in [-0.2, -0.15) is 0 Å². The highest BCUT2D eigenvalue weighted by molar-refractivity contribution is 5.92. The summed E-state index contributed by atoms with van der Waals surface area (Å²) in [5, 5.41) is 1.01. The van der Waals surface area contributed by atoms with Crippen LogP contribution in [-0.4, -0.2) is 31.1 Å². The first kappa shape index (κ1) is 16.1. The van der Waals surface area contributed by atoms with Crippen molar-refractivity contribution in [3.05, 3.63) is 66.3 Å². The van der Waals surface area contributed by atoms with Crippen molar-refractivity contribution in [2.24, 2.45) is 0 Å². The molecule has 2 heterocycles. The van der Waals surface area contributed by atoms with E-state index in [1.807, 2.05) is 36.4 Å². The molecule has 0 saturated heterocycles. The van der Waals surface area contributed by atoms with E-state index in [1.54, 1.807) is 30.4 Å². The summed E-state index contributed by atoms with van der Waals surface area (Å²) >= 11 is 0. The third-order valence-corrected chi connectivity index (χ3v) is 3.64. The van der Waals surface area contributed by atoms with Crippen LogP contribution in [0.1, 0.15) is 11.5 Å². The molecule has 2 aromatic heterocycles. The number of carbonyl (C=O) groups is 1. The van der Waals surface area contributed by atoms with E-state index in [2.05, 4.69) is 0 Å². The van der Waals surface area contributed by atoms with Gasteiger partial charge in [-0.15, -0.1) is 0 Å². The molecule has 5 heteroatoms. The SMILES string of the molecule is COCCN(Cc1ccco1)C(=O)/C=C/c1cc2ccccc2o1. The Balaban J connectivity index is 1.71. The average Bonchev–Trinajstić information content (AvgIpc) is 3.25. The minimum Gasteiger partial charge on any atom is -0.467 e. The Kier molecular flexibility index (Phi) is 5.13. The van der Waals surface area contributed by atoms with E-state index in [0.717, 1.165) is 16.7 Å². The number of ether oxygens (including phenoxy) is 1. The number of rotatable bonds is 7. The van der Waals surface area contributed by atoms with Gasteiger partial charge in [-0.25, -0.2) is 0 Å². The van der Waals surface area contributed by atoms with Crippen molar-refractivity contribution in [3.63, 3.8) is 0 Å². The molecule has 0 radical (unpaired) electrons. The summed E-state index contributed by atoms with van der Waals surface area (Å²) in [5.74, 6) is 1.26. The first-order chi connectivity index (χ1) is 11.8. The topological polar surface area (TPSA) is 55.8 Å². The van der Waals surface area contributed by atoms with Gasteiger partial charge in [0, 0.05) is 25.1 Å². The van der Waals surface area contributed by atoms with Crippen molar-refractivity contribution in [1.82, 2.24) is 4.90 Å². The molecule has 3 rings (SSSR count). The Morgan fingerprint density at radius 1 is 1.25 bits per heavy atom. The Hall–Kier alpha value is -2.79. The van der Waals surface area contributed by atoms with Gasteiger partial charge in [-0.1, -0.05) is 18.2 Å². The highest BCUT2D eigenvalue weighted by Gasteiger charge is 2.13. The van der Waals surface area contributed by atoms with Crippen molar-refractivity contribution in [2.45, 2.75) is 6.54 Å². The molecule has 0 atom stereocenters. The Labute approximate surface area is 140 Å². The molecule has 0 N–H and O–H groups in total. The van der Waals surface area contributed by atoms with Crippen molar-refractivity contribution in [3.8, 4) is 0 Å². The third kappa shape index (κ3) is 3.94. The zero-order valence-electron chi connectivity index (χ0n) is 13.5. The van der Waals surface area contributed by atoms with E-state index in [9.17, 15) is 4.79 Å². The van der Waals surface area contributed by atoms with E-state index in [4.69, 9.17) is 13.6 Å². The number of furan rings is 2. The lowest BCUT2D eigenvalue weighted by Gasteiger charge is -2.19. The van der Waals surface area contributed by atoms with Crippen LogP contribution in [0.3, 0.4) is 0 Å². The standard InChI is InChI=1S/C19H19NO4/c1-22-12-10-20(14-17-6-4-11-23-17)19(21)9-8-16-13-15-5-2-3-7-18(15)24-16/h2-9,11,13H,10,12,14H2,1H3/b9-8+. The van der Waals surface area contributed by atoms with Gasteiger partial charge in [0.15, 0.2) is 0 Å². The van der Waals surface area contributed by atoms with Crippen molar-refractivity contribution < 1.29 is 18.4 Å². The minimum absolute atomic E-state index is 0.121. The van der Waals surface area contributed by atoms with E-state index < -0.39 is 0 Å². The fourth-order valence-electron chi connectivity index (χ4n) is 2.40. The zero-order valence-corrected chi connectivity index (χ0v) is 13.5. The third-order valence-electron chi connectivity index (χ3n) is 3.64. The molecule has 24 heavy (non-hydrogen) atoms. The number of amides is 1. The molecule has 3 aromatic rings. The second-order valence-corrected chi connectivity index (χ2v) is 5.35. The number of nitrogens with zero attached hydrogens (tertiary/aromatic N) is 1. The van der Waals surface area contributed by atoms with Gasteiger partial charge in [-0.3, -0.25) is 4.79 Å². The first-order valence-electron chi connectivity index (χ1n) is 7.73. The van der Waals surface area contributed by atoms with E-state index in [-0.39, 0.29) is 5.91 Å². The number of hydrogen-bond acceptors (Lipinski definition) is 4. The predicted molar refractivity (Wildman–Crippen MR) is 91.2 cm³/mol. The number of carbonyl (C=O) groups excluding carboxylic acids is 1. The Bertz CT molecular complexity index is 784. The van der Waals surface area contributed by atoms with E-state index in [0.29, 0.717) is 25.5 Å². The van der Waals surface area contributed by atoms with Gasteiger partial charge in [0.2, 0.25) is 5.91 Å². The molecule has 124 valence electrons. The van der Waals surface area contributed by atoms with Crippen LogP contribution < -0.4 is 0 Å². The molecule has 0 aliphatic heterocycles. The zero-order chi connectivity index (χ0) is 16.8. The van der Waals surface area contributed by atoms with Gasteiger partial charge in [-0.05, 0) is 30.3 Å². The molecule has 0 aliphatic carbocycles. The maximum absolute atomic E-state index is 12.5. The van der Waals surface area contributed by atoms with Gasteiger partial charge in [0.1, 0.15) is 17.1 Å². The van der Waals surface area contributed by atoms with Crippen molar-refractivity contribution >= 4 is 23.0 Å². The Morgan fingerprint density at radius 2 is 2.12 bits per heavy atom. The van der Waals surface area contributed by atoms with Crippen LogP contribution in [0, 0.1) is 0 Å². The molecule has 0 fully saturated rings. The summed E-state index contributed by atoms with van der Waals surface area (Å²) in [4.78, 5) is 14.1. The van der Waals surface area contributed by atoms with E-state index in [1.165, 1.54) is 6.08 Å². The van der Waals surface area contributed by atoms with Gasteiger partial charge in [0.05, 0.1) is 19.4 Å². The smallest absolute Gasteiger partial charge is 0.247 e. The second-order valence-electron chi connectivity index (χ2n) is 5.35. The fraction of sp³-hybridized carbons (Fsp3) is 0.211. The molecule has 0 bridgehead atoms.